The largest absolute Gasteiger partial charge is 0.461 e. The van der Waals surface area contributed by atoms with E-state index in [2.05, 4.69) is 20.8 Å². The van der Waals surface area contributed by atoms with Crippen molar-refractivity contribution >= 4 is 23.7 Å². The van der Waals surface area contributed by atoms with E-state index in [4.69, 9.17) is 4.42 Å². The molecule has 2 aromatic heterocycles. The number of hydrogen-bond acceptors (Lipinski definition) is 6. The lowest BCUT2D eigenvalue weighted by Gasteiger charge is -2.13. The molecule has 1 atom stereocenters. The summed E-state index contributed by atoms with van der Waals surface area (Å²) in [5.41, 5.74) is 1.07. The average Bonchev–Trinajstić information content (AvgIpc) is 3.33. The molecule has 3 aromatic rings. The summed E-state index contributed by atoms with van der Waals surface area (Å²) < 4.78 is 7.38. The van der Waals surface area contributed by atoms with Gasteiger partial charge in [-0.3, -0.25) is 14.7 Å². The van der Waals surface area contributed by atoms with Crippen LogP contribution in [0.1, 0.15) is 19.4 Å². The van der Waals surface area contributed by atoms with Crippen molar-refractivity contribution < 1.29 is 14.0 Å². The van der Waals surface area contributed by atoms with E-state index in [-0.39, 0.29) is 0 Å². The summed E-state index contributed by atoms with van der Waals surface area (Å²) in [4.78, 5) is 23.8. The Labute approximate surface area is 166 Å². The zero-order valence-electron chi connectivity index (χ0n) is 15.6. The monoisotopic (exact) mass is 399 g/mol. The predicted octanol–water partition coefficient (Wildman–Crippen LogP) is 2.91. The number of thioether (sulfide) groups is 1. The van der Waals surface area contributed by atoms with Crippen molar-refractivity contribution in [3.05, 3.63) is 54.3 Å². The Balaban J connectivity index is 1.82. The van der Waals surface area contributed by atoms with E-state index >= 15 is 0 Å². The number of carbonyl (C=O) groups excluding carboxylic acids is 2. The quantitative estimate of drug-likeness (QED) is 0.592. The normalized spacial score (nSPS) is 11.8. The number of urea groups is 1. The summed E-state index contributed by atoms with van der Waals surface area (Å²) >= 11 is 1.23. The second-order valence-corrected chi connectivity index (χ2v) is 7.27. The maximum atomic E-state index is 12.3. The molecule has 0 fully saturated rings. The van der Waals surface area contributed by atoms with Crippen LogP contribution in [0.15, 0.2) is 58.3 Å². The maximum absolute atomic E-state index is 12.3. The molecule has 0 radical (unpaired) electrons. The predicted molar refractivity (Wildman–Crippen MR) is 106 cm³/mol. The molecule has 0 aliphatic heterocycles. The van der Waals surface area contributed by atoms with Crippen LogP contribution in [-0.4, -0.2) is 38.5 Å². The molecule has 0 aliphatic carbocycles. The molecule has 8 nitrogen and oxygen atoms in total. The third-order valence-corrected chi connectivity index (χ3v) is 4.95. The zero-order valence-corrected chi connectivity index (χ0v) is 16.4. The molecule has 3 rings (SSSR count). The van der Waals surface area contributed by atoms with E-state index in [1.165, 1.54) is 11.8 Å². The molecule has 0 spiro atoms. The number of aromatic nitrogens is 3. The summed E-state index contributed by atoms with van der Waals surface area (Å²) in [5.74, 6) is 0.771. The second kappa shape index (κ2) is 9.23. The van der Waals surface area contributed by atoms with Crippen LogP contribution in [-0.2, 0) is 11.3 Å². The first-order valence-electron chi connectivity index (χ1n) is 8.84. The minimum atomic E-state index is -0.536. The topological polar surface area (TPSA) is 102 Å². The third kappa shape index (κ3) is 4.80. The number of amides is 3. The van der Waals surface area contributed by atoms with Crippen molar-refractivity contribution in [1.82, 2.24) is 25.4 Å². The second-order valence-electron chi connectivity index (χ2n) is 5.96. The fourth-order valence-electron chi connectivity index (χ4n) is 2.50. The van der Waals surface area contributed by atoms with Crippen molar-refractivity contribution in [1.29, 1.82) is 0 Å². The SMILES string of the molecule is CCNC(=O)NC(=O)C(C)Sc1nnc(-c2ccco2)n1Cc1ccccc1. The molecule has 2 N–H and O–H groups in total. The van der Waals surface area contributed by atoms with Gasteiger partial charge in [0.15, 0.2) is 10.9 Å². The van der Waals surface area contributed by atoms with E-state index in [0.717, 1.165) is 5.56 Å². The first kappa shape index (κ1) is 19.7. The molecule has 1 unspecified atom stereocenters. The van der Waals surface area contributed by atoms with Gasteiger partial charge in [-0.05, 0) is 31.5 Å². The van der Waals surface area contributed by atoms with Crippen LogP contribution >= 0.6 is 11.8 Å². The molecule has 3 amide bonds. The third-order valence-electron chi connectivity index (χ3n) is 3.87. The number of carbonyl (C=O) groups is 2. The van der Waals surface area contributed by atoms with Crippen LogP contribution in [0.4, 0.5) is 4.79 Å². The molecule has 2 heterocycles. The van der Waals surface area contributed by atoms with Crippen LogP contribution in [0.3, 0.4) is 0 Å². The number of hydrogen-bond donors (Lipinski definition) is 2. The lowest BCUT2D eigenvalue weighted by atomic mass is 10.2. The molecule has 9 heteroatoms. The van der Waals surface area contributed by atoms with Crippen molar-refractivity contribution in [2.24, 2.45) is 0 Å². The molecule has 0 aliphatic rings. The first-order chi connectivity index (χ1) is 13.6. The standard InChI is InChI=1S/C19H21N5O3S/c1-3-20-18(26)21-17(25)13(2)28-19-23-22-16(15-10-7-11-27-15)24(19)12-14-8-5-4-6-9-14/h4-11,13H,3,12H2,1-2H3,(H2,20,21,25,26). The highest BCUT2D eigenvalue weighted by atomic mass is 32.2. The Morgan fingerprint density at radius 1 is 1.18 bits per heavy atom. The minimum absolute atomic E-state index is 0.398. The van der Waals surface area contributed by atoms with Gasteiger partial charge >= 0.3 is 6.03 Å². The Bertz CT molecular complexity index is 924. The number of nitrogens with zero attached hydrogens (tertiary/aromatic N) is 3. The van der Waals surface area contributed by atoms with Gasteiger partial charge in [-0.1, -0.05) is 42.1 Å². The van der Waals surface area contributed by atoms with Crippen molar-refractivity contribution in [2.45, 2.75) is 30.8 Å². The van der Waals surface area contributed by atoms with Crippen LogP contribution in [0, 0.1) is 0 Å². The fraction of sp³-hybridized carbons (Fsp3) is 0.263. The van der Waals surface area contributed by atoms with Gasteiger partial charge in [0.05, 0.1) is 18.1 Å². The maximum Gasteiger partial charge on any atom is 0.321 e. The van der Waals surface area contributed by atoms with Crippen LogP contribution < -0.4 is 10.6 Å². The molecular weight excluding hydrogens is 378 g/mol. The van der Waals surface area contributed by atoms with Gasteiger partial charge in [-0.25, -0.2) is 4.79 Å². The van der Waals surface area contributed by atoms with Crippen molar-refractivity contribution in [3.63, 3.8) is 0 Å². The van der Waals surface area contributed by atoms with Gasteiger partial charge in [0.2, 0.25) is 11.7 Å². The Morgan fingerprint density at radius 2 is 1.96 bits per heavy atom. The lowest BCUT2D eigenvalue weighted by Crippen LogP contribution is -2.42. The van der Waals surface area contributed by atoms with E-state index < -0.39 is 17.2 Å². The summed E-state index contributed by atoms with van der Waals surface area (Å²) in [6.07, 6.45) is 1.58. The van der Waals surface area contributed by atoms with Gasteiger partial charge in [0.25, 0.3) is 0 Å². The highest BCUT2D eigenvalue weighted by Crippen LogP contribution is 2.28. The van der Waals surface area contributed by atoms with Gasteiger partial charge in [-0.15, -0.1) is 10.2 Å². The van der Waals surface area contributed by atoms with Gasteiger partial charge < -0.3 is 9.73 Å². The Kier molecular flexibility index (Phi) is 6.49. The highest BCUT2D eigenvalue weighted by molar-refractivity contribution is 8.00. The van der Waals surface area contributed by atoms with Gasteiger partial charge in [0, 0.05) is 6.54 Å². The Hall–Kier alpha value is -3.07. The van der Waals surface area contributed by atoms with E-state index in [9.17, 15) is 9.59 Å². The van der Waals surface area contributed by atoms with E-state index in [0.29, 0.717) is 29.8 Å². The molecule has 28 heavy (non-hydrogen) atoms. The highest BCUT2D eigenvalue weighted by Gasteiger charge is 2.23. The zero-order chi connectivity index (χ0) is 19.9. The molecule has 0 saturated heterocycles. The smallest absolute Gasteiger partial charge is 0.321 e. The molecule has 146 valence electrons. The van der Waals surface area contributed by atoms with Gasteiger partial charge in [0.1, 0.15) is 0 Å². The number of rotatable bonds is 7. The number of nitrogens with one attached hydrogen (secondary N) is 2. The summed E-state index contributed by atoms with van der Waals surface area (Å²) in [6.45, 7) is 4.47. The van der Waals surface area contributed by atoms with Crippen LogP contribution in [0.2, 0.25) is 0 Å². The van der Waals surface area contributed by atoms with Crippen LogP contribution in [0.5, 0.6) is 0 Å². The molecular formula is C19H21N5O3S. The fourth-order valence-corrected chi connectivity index (χ4v) is 3.35. The van der Waals surface area contributed by atoms with Crippen LogP contribution in [0.25, 0.3) is 11.6 Å². The molecule has 0 saturated carbocycles. The number of benzene rings is 1. The summed E-state index contributed by atoms with van der Waals surface area (Å²) in [6, 6.07) is 13.0. The van der Waals surface area contributed by atoms with Crippen molar-refractivity contribution in [2.75, 3.05) is 6.54 Å². The molecule has 1 aromatic carbocycles. The van der Waals surface area contributed by atoms with E-state index in [1.807, 2.05) is 41.0 Å². The summed E-state index contributed by atoms with van der Waals surface area (Å²) in [5, 5.41) is 13.4. The Morgan fingerprint density at radius 3 is 2.64 bits per heavy atom. The number of furan rings is 1. The average molecular weight is 399 g/mol. The summed E-state index contributed by atoms with van der Waals surface area (Å²) in [7, 11) is 0. The minimum Gasteiger partial charge on any atom is -0.461 e. The lowest BCUT2D eigenvalue weighted by molar-refractivity contribution is -0.119. The molecule has 0 bridgehead atoms. The number of imide groups is 1. The first-order valence-corrected chi connectivity index (χ1v) is 9.72. The van der Waals surface area contributed by atoms with Gasteiger partial charge in [-0.2, -0.15) is 0 Å². The van der Waals surface area contributed by atoms with E-state index in [1.54, 1.807) is 26.2 Å². The van der Waals surface area contributed by atoms with Crippen molar-refractivity contribution in [3.8, 4) is 11.6 Å².